The Bertz CT molecular complexity index is 317. The molecule has 1 fully saturated rings. The molecule has 0 amide bonds. The Labute approximate surface area is 80.4 Å². The smallest absolute Gasteiger partial charge is 0.308 e. The topological polar surface area (TPSA) is 49.3 Å². The second kappa shape index (κ2) is 3.47. The molecule has 70 valence electrons. The van der Waals surface area contributed by atoms with Crippen molar-refractivity contribution in [3.8, 4) is 0 Å². The number of hydrogen-bond acceptors (Lipinski definition) is 3. The van der Waals surface area contributed by atoms with Crippen molar-refractivity contribution in [3.63, 3.8) is 0 Å². The van der Waals surface area contributed by atoms with E-state index < -0.39 is 5.97 Å². The van der Waals surface area contributed by atoms with Gasteiger partial charge in [-0.2, -0.15) is 0 Å². The van der Waals surface area contributed by atoms with Crippen molar-refractivity contribution in [3.05, 3.63) is 21.9 Å². The number of carboxylic acids is 1. The van der Waals surface area contributed by atoms with Crippen molar-refractivity contribution in [1.82, 2.24) is 5.32 Å². The lowest BCUT2D eigenvalue weighted by Crippen LogP contribution is -2.39. The van der Waals surface area contributed by atoms with Gasteiger partial charge < -0.3 is 10.4 Å². The van der Waals surface area contributed by atoms with Crippen LogP contribution in [0.15, 0.2) is 11.4 Å². The second-order valence-corrected chi connectivity index (χ2v) is 4.27. The van der Waals surface area contributed by atoms with Crippen LogP contribution in [-0.4, -0.2) is 24.2 Å². The summed E-state index contributed by atoms with van der Waals surface area (Å²) in [5.74, 6) is -0.140. The Morgan fingerprint density at radius 3 is 3.00 bits per heavy atom. The van der Waals surface area contributed by atoms with Crippen LogP contribution in [0.3, 0.4) is 0 Å². The van der Waals surface area contributed by atoms with Gasteiger partial charge in [-0.3, -0.25) is 4.79 Å². The van der Waals surface area contributed by atoms with Crippen LogP contribution in [0.2, 0.25) is 0 Å². The first kappa shape index (κ1) is 8.72. The third-order valence-corrected chi connectivity index (χ3v) is 3.21. The van der Waals surface area contributed by atoms with Crippen molar-refractivity contribution >= 4 is 17.3 Å². The van der Waals surface area contributed by atoms with Crippen LogP contribution >= 0.6 is 11.3 Å². The summed E-state index contributed by atoms with van der Waals surface area (Å²) in [7, 11) is 0. The van der Waals surface area contributed by atoms with Crippen LogP contribution in [0.4, 0.5) is 0 Å². The van der Waals surface area contributed by atoms with Gasteiger partial charge in [-0.05, 0) is 17.0 Å². The molecule has 2 N–H and O–H groups in total. The van der Waals surface area contributed by atoms with Gasteiger partial charge in [0.2, 0.25) is 0 Å². The molecule has 4 heteroatoms. The Morgan fingerprint density at radius 2 is 2.46 bits per heavy atom. The molecule has 1 aliphatic rings. The van der Waals surface area contributed by atoms with Crippen LogP contribution in [0.5, 0.6) is 0 Å². The van der Waals surface area contributed by atoms with Gasteiger partial charge in [0.25, 0.3) is 0 Å². The molecule has 2 heterocycles. The van der Waals surface area contributed by atoms with E-state index in [9.17, 15) is 4.79 Å². The predicted octanol–water partition coefficient (Wildman–Crippen LogP) is 1.06. The first-order chi connectivity index (χ1) is 6.25. The van der Waals surface area contributed by atoms with Gasteiger partial charge in [-0.15, -0.1) is 11.3 Å². The summed E-state index contributed by atoms with van der Waals surface area (Å²) < 4.78 is 0. The third kappa shape index (κ3) is 1.89. The Morgan fingerprint density at radius 1 is 1.69 bits per heavy atom. The van der Waals surface area contributed by atoms with Gasteiger partial charge in [-0.25, -0.2) is 0 Å². The largest absolute Gasteiger partial charge is 0.481 e. The molecule has 3 nitrogen and oxygen atoms in total. The zero-order valence-electron chi connectivity index (χ0n) is 7.12. The highest BCUT2D eigenvalue weighted by atomic mass is 32.1. The normalized spacial score (nSPS) is 16.9. The molecule has 1 aromatic rings. The summed E-state index contributed by atoms with van der Waals surface area (Å²) in [6.45, 7) is 2.06. The molecule has 0 aliphatic carbocycles. The first-order valence-corrected chi connectivity index (χ1v) is 5.13. The summed E-state index contributed by atoms with van der Waals surface area (Å²) in [6, 6.07) is 2.02. The van der Waals surface area contributed by atoms with Crippen molar-refractivity contribution in [2.45, 2.75) is 12.3 Å². The molecule has 0 aromatic carbocycles. The molecule has 0 unspecified atom stereocenters. The molecule has 1 aliphatic heterocycles. The van der Waals surface area contributed by atoms with Crippen LogP contribution in [0, 0.1) is 0 Å². The van der Waals surface area contributed by atoms with E-state index in [0.717, 1.165) is 18.0 Å². The molecule has 1 saturated heterocycles. The Balaban J connectivity index is 2.04. The lowest BCUT2D eigenvalue weighted by molar-refractivity contribution is -0.136. The van der Waals surface area contributed by atoms with Crippen molar-refractivity contribution in [2.24, 2.45) is 0 Å². The summed E-state index contributed by atoms with van der Waals surface area (Å²) in [6.07, 6.45) is 0.158. The molecule has 0 saturated carbocycles. The highest BCUT2D eigenvalue weighted by Crippen LogP contribution is 2.25. The fraction of sp³-hybridized carbons (Fsp3) is 0.444. The minimum atomic E-state index is -0.750. The monoisotopic (exact) mass is 197 g/mol. The highest BCUT2D eigenvalue weighted by molar-refractivity contribution is 7.10. The fourth-order valence-corrected chi connectivity index (χ4v) is 2.34. The number of carbonyl (C=O) groups is 1. The standard InChI is InChI=1S/C9H11NO2S/c11-9(12)2-8-1-6(5-13-8)7-3-10-4-7/h1,5,7,10H,2-4H2,(H,11,12). The Hall–Kier alpha value is -0.870. The minimum Gasteiger partial charge on any atom is -0.481 e. The average Bonchev–Trinajstić information content (AvgIpc) is 2.31. The fourth-order valence-electron chi connectivity index (χ4n) is 1.38. The minimum absolute atomic E-state index is 0.158. The molecular weight excluding hydrogens is 186 g/mol. The van der Waals surface area contributed by atoms with Gasteiger partial charge in [0, 0.05) is 23.9 Å². The maximum Gasteiger partial charge on any atom is 0.308 e. The molecule has 0 radical (unpaired) electrons. The zero-order chi connectivity index (χ0) is 9.26. The molecule has 0 atom stereocenters. The number of nitrogens with one attached hydrogen (secondary N) is 1. The van der Waals surface area contributed by atoms with Gasteiger partial charge in [0.1, 0.15) is 0 Å². The quantitative estimate of drug-likeness (QED) is 0.761. The van der Waals surface area contributed by atoms with Gasteiger partial charge in [0.15, 0.2) is 0 Å². The summed E-state index contributed by atoms with van der Waals surface area (Å²) in [4.78, 5) is 11.4. The highest BCUT2D eigenvalue weighted by Gasteiger charge is 2.20. The molecule has 2 rings (SSSR count). The summed E-state index contributed by atoms with van der Waals surface area (Å²) in [5.41, 5.74) is 1.29. The molecule has 0 bridgehead atoms. The summed E-state index contributed by atoms with van der Waals surface area (Å²) in [5, 5.41) is 13.9. The van der Waals surface area contributed by atoms with Crippen LogP contribution in [0.1, 0.15) is 16.4 Å². The van der Waals surface area contributed by atoms with E-state index in [-0.39, 0.29) is 6.42 Å². The predicted molar refractivity (Wildman–Crippen MR) is 51.3 cm³/mol. The lowest BCUT2D eigenvalue weighted by Gasteiger charge is -2.26. The van der Waals surface area contributed by atoms with Crippen LogP contribution in [0.25, 0.3) is 0 Å². The molecular formula is C9H11NO2S. The summed E-state index contributed by atoms with van der Waals surface area (Å²) >= 11 is 1.55. The molecule has 13 heavy (non-hydrogen) atoms. The number of hydrogen-bond donors (Lipinski definition) is 2. The van der Waals surface area contributed by atoms with E-state index in [0.29, 0.717) is 5.92 Å². The van der Waals surface area contributed by atoms with E-state index in [1.165, 1.54) is 5.56 Å². The van der Waals surface area contributed by atoms with Crippen molar-refractivity contribution in [2.75, 3.05) is 13.1 Å². The van der Waals surface area contributed by atoms with E-state index in [1.54, 1.807) is 11.3 Å². The van der Waals surface area contributed by atoms with Crippen molar-refractivity contribution < 1.29 is 9.90 Å². The van der Waals surface area contributed by atoms with E-state index in [4.69, 9.17) is 5.11 Å². The number of carboxylic acid groups (broad SMARTS) is 1. The maximum absolute atomic E-state index is 10.4. The SMILES string of the molecule is O=C(O)Cc1cc(C2CNC2)cs1. The number of aliphatic carboxylic acids is 1. The van der Waals surface area contributed by atoms with Gasteiger partial charge in [0.05, 0.1) is 6.42 Å². The van der Waals surface area contributed by atoms with Gasteiger partial charge >= 0.3 is 5.97 Å². The Kier molecular flexibility index (Phi) is 2.33. The second-order valence-electron chi connectivity index (χ2n) is 3.27. The number of rotatable bonds is 3. The van der Waals surface area contributed by atoms with Gasteiger partial charge in [-0.1, -0.05) is 0 Å². The van der Waals surface area contributed by atoms with E-state index >= 15 is 0 Å². The van der Waals surface area contributed by atoms with E-state index in [1.807, 2.05) is 6.07 Å². The van der Waals surface area contributed by atoms with E-state index in [2.05, 4.69) is 10.7 Å². The van der Waals surface area contributed by atoms with Crippen LogP contribution < -0.4 is 5.32 Å². The zero-order valence-corrected chi connectivity index (χ0v) is 7.93. The molecule has 1 aromatic heterocycles. The van der Waals surface area contributed by atoms with Crippen molar-refractivity contribution in [1.29, 1.82) is 0 Å². The van der Waals surface area contributed by atoms with Crippen LogP contribution in [-0.2, 0) is 11.2 Å². The third-order valence-electron chi connectivity index (χ3n) is 2.25. The average molecular weight is 197 g/mol. The maximum atomic E-state index is 10.4. The molecule has 0 spiro atoms. The first-order valence-electron chi connectivity index (χ1n) is 4.25. The number of thiophene rings is 1. The lowest BCUT2D eigenvalue weighted by atomic mass is 9.96.